The fourth-order valence-corrected chi connectivity index (χ4v) is 3.62. The van der Waals surface area contributed by atoms with E-state index in [1.807, 2.05) is 30.3 Å². The third-order valence-corrected chi connectivity index (χ3v) is 5.12. The lowest BCUT2D eigenvalue weighted by molar-refractivity contribution is -0.122. The molecule has 0 bridgehead atoms. The van der Waals surface area contributed by atoms with Crippen molar-refractivity contribution in [3.05, 3.63) is 60.2 Å². The van der Waals surface area contributed by atoms with Crippen molar-refractivity contribution >= 4 is 34.4 Å². The monoisotopic (exact) mass is 383 g/mol. The predicted molar refractivity (Wildman–Crippen MR) is 108 cm³/mol. The largest absolute Gasteiger partial charge is 0.497 e. The Labute approximate surface area is 162 Å². The normalized spacial score (nSPS) is 17.6. The summed E-state index contributed by atoms with van der Waals surface area (Å²) in [5, 5.41) is 5.66. The quantitative estimate of drug-likeness (QED) is 0.771. The van der Waals surface area contributed by atoms with Crippen molar-refractivity contribution in [2.24, 2.45) is 4.99 Å². The fourth-order valence-electron chi connectivity index (χ4n) is 2.63. The number of carbonyl (C=O) groups is 2. The minimum absolute atomic E-state index is 0.0887. The Hall–Kier alpha value is -2.80. The molecule has 0 saturated carbocycles. The first-order valence-electron chi connectivity index (χ1n) is 8.64. The third-order valence-electron chi connectivity index (χ3n) is 4.00. The summed E-state index contributed by atoms with van der Waals surface area (Å²) in [6.07, 6.45) is 0.896. The van der Waals surface area contributed by atoms with E-state index in [1.54, 1.807) is 31.4 Å². The van der Waals surface area contributed by atoms with Crippen LogP contribution in [0.3, 0.4) is 0 Å². The van der Waals surface area contributed by atoms with Crippen LogP contribution >= 0.6 is 11.8 Å². The van der Waals surface area contributed by atoms with E-state index in [1.165, 1.54) is 17.3 Å². The van der Waals surface area contributed by atoms with Crippen LogP contribution in [0.2, 0.25) is 0 Å². The zero-order valence-electron chi connectivity index (χ0n) is 15.0. The van der Waals surface area contributed by atoms with Gasteiger partial charge in [-0.05, 0) is 24.1 Å². The fraction of sp³-hybridized carbons (Fsp3) is 0.250. The molecule has 1 aliphatic rings. The standard InChI is InChI=1S/C20H21N3O3S/c1-26-16-9-5-8-15(12-16)22-18(24)13-17-19(25)23-20(27-17)21-11-10-14-6-3-2-4-7-14/h2-9,12,17H,10-11,13H2,1H3,(H,22,24)(H,21,23,25)/t17-/m1/s1. The molecule has 2 amide bonds. The highest BCUT2D eigenvalue weighted by Gasteiger charge is 2.31. The van der Waals surface area contributed by atoms with Gasteiger partial charge in [0, 0.05) is 24.7 Å². The highest BCUT2D eigenvalue weighted by atomic mass is 32.2. The van der Waals surface area contributed by atoms with Crippen LogP contribution in [-0.2, 0) is 16.0 Å². The molecule has 2 aromatic carbocycles. The first-order valence-corrected chi connectivity index (χ1v) is 9.52. The lowest BCUT2D eigenvalue weighted by atomic mass is 10.2. The number of amidine groups is 1. The van der Waals surface area contributed by atoms with Crippen molar-refractivity contribution in [2.45, 2.75) is 18.1 Å². The van der Waals surface area contributed by atoms with Crippen LogP contribution in [0.15, 0.2) is 59.6 Å². The maximum Gasteiger partial charge on any atom is 0.240 e. The number of rotatable bonds is 7. The van der Waals surface area contributed by atoms with Gasteiger partial charge in [-0.25, -0.2) is 0 Å². The highest BCUT2D eigenvalue weighted by Crippen LogP contribution is 2.23. The van der Waals surface area contributed by atoms with Gasteiger partial charge < -0.3 is 15.4 Å². The topological polar surface area (TPSA) is 79.8 Å². The van der Waals surface area contributed by atoms with E-state index >= 15 is 0 Å². The van der Waals surface area contributed by atoms with E-state index in [2.05, 4.69) is 15.6 Å². The number of hydrogen-bond donors (Lipinski definition) is 2. The van der Waals surface area contributed by atoms with Gasteiger partial charge in [-0.1, -0.05) is 48.2 Å². The lowest BCUT2D eigenvalue weighted by Gasteiger charge is -2.08. The number of ether oxygens (including phenoxy) is 1. The molecule has 3 rings (SSSR count). The summed E-state index contributed by atoms with van der Waals surface area (Å²) in [6.45, 7) is 0.593. The number of carbonyl (C=O) groups excluding carboxylic acids is 2. The zero-order chi connectivity index (χ0) is 19.1. The van der Waals surface area contributed by atoms with Gasteiger partial charge in [0.05, 0.1) is 7.11 Å². The average Bonchev–Trinajstić information content (AvgIpc) is 3.02. The van der Waals surface area contributed by atoms with Crippen LogP contribution in [0.25, 0.3) is 0 Å². The number of methoxy groups -OCH3 is 1. The maximum absolute atomic E-state index is 12.2. The van der Waals surface area contributed by atoms with E-state index in [-0.39, 0.29) is 18.2 Å². The van der Waals surface area contributed by atoms with Crippen LogP contribution < -0.4 is 15.4 Å². The van der Waals surface area contributed by atoms with Crippen LogP contribution in [0.1, 0.15) is 12.0 Å². The van der Waals surface area contributed by atoms with Gasteiger partial charge in [-0.15, -0.1) is 0 Å². The Morgan fingerprint density at radius 3 is 2.81 bits per heavy atom. The third kappa shape index (κ3) is 5.59. The van der Waals surface area contributed by atoms with Gasteiger partial charge in [0.25, 0.3) is 0 Å². The summed E-state index contributed by atoms with van der Waals surface area (Å²) in [7, 11) is 1.57. The van der Waals surface area contributed by atoms with Gasteiger partial charge in [0.15, 0.2) is 5.17 Å². The van der Waals surface area contributed by atoms with Crippen LogP contribution in [0, 0.1) is 0 Å². The molecule has 0 unspecified atom stereocenters. The summed E-state index contributed by atoms with van der Waals surface area (Å²) >= 11 is 1.30. The molecular weight excluding hydrogens is 362 g/mol. The highest BCUT2D eigenvalue weighted by molar-refractivity contribution is 8.15. The molecule has 1 fully saturated rings. The van der Waals surface area contributed by atoms with Gasteiger partial charge in [0.2, 0.25) is 11.8 Å². The molecule has 2 aromatic rings. The molecule has 7 heteroatoms. The Morgan fingerprint density at radius 2 is 2.04 bits per heavy atom. The number of anilines is 1. The summed E-state index contributed by atoms with van der Waals surface area (Å²) in [5.74, 6) is 0.259. The van der Waals surface area contributed by atoms with Crippen molar-refractivity contribution in [1.82, 2.24) is 5.32 Å². The molecule has 140 valence electrons. The Bertz CT molecular complexity index is 839. The molecule has 0 aromatic heterocycles. The molecule has 1 saturated heterocycles. The summed E-state index contributed by atoms with van der Waals surface area (Å²) in [6, 6.07) is 17.2. The van der Waals surface area contributed by atoms with E-state index in [9.17, 15) is 9.59 Å². The molecule has 0 spiro atoms. The Morgan fingerprint density at radius 1 is 1.22 bits per heavy atom. The van der Waals surface area contributed by atoms with Crippen LogP contribution in [0.5, 0.6) is 5.75 Å². The first-order chi connectivity index (χ1) is 13.1. The Balaban J connectivity index is 1.49. The Kier molecular flexibility index (Phi) is 6.49. The number of benzene rings is 2. The molecular formula is C20H21N3O3S. The molecule has 1 atom stereocenters. The van der Waals surface area contributed by atoms with Gasteiger partial charge in [0.1, 0.15) is 11.0 Å². The number of thioether (sulfide) groups is 1. The van der Waals surface area contributed by atoms with E-state index in [4.69, 9.17) is 4.74 Å². The summed E-state index contributed by atoms with van der Waals surface area (Å²) in [5.41, 5.74) is 1.84. The average molecular weight is 383 g/mol. The molecule has 2 N–H and O–H groups in total. The van der Waals surface area contributed by atoms with Crippen molar-refractivity contribution < 1.29 is 14.3 Å². The van der Waals surface area contributed by atoms with Crippen LogP contribution in [-0.4, -0.2) is 35.9 Å². The second kappa shape index (κ2) is 9.23. The van der Waals surface area contributed by atoms with Crippen molar-refractivity contribution in [3.63, 3.8) is 0 Å². The maximum atomic E-state index is 12.2. The van der Waals surface area contributed by atoms with E-state index < -0.39 is 5.25 Å². The van der Waals surface area contributed by atoms with Gasteiger partial charge >= 0.3 is 0 Å². The van der Waals surface area contributed by atoms with Gasteiger partial charge in [-0.2, -0.15) is 0 Å². The van der Waals surface area contributed by atoms with Crippen LogP contribution in [0.4, 0.5) is 5.69 Å². The molecule has 27 heavy (non-hydrogen) atoms. The summed E-state index contributed by atoms with van der Waals surface area (Å²) in [4.78, 5) is 28.8. The minimum atomic E-state index is -0.467. The molecule has 1 heterocycles. The van der Waals surface area contributed by atoms with Gasteiger partial charge in [-0.3, -0.25) is 14.6 Å². The van der Waals surface area contributed by atoms with E-state index in [0.717, 1.165) is 6.42 Å². The zero-order valence-corrected chi connectivity index (χ0v) is 15.8. The number of aliphatic imine (C=N–C) groups is 1. The SMILES string of the molecule is COc1cccc(NC(=O)C[C@H]2SC(=NCCc3ccccc3)NC2=O)c1. The molecule has 6 nitrogen and oxygen atoms in total. The first kappa shape index (κ1) is 19.0. The van der Waals surface area contributed by atoms with Crippen molar-refractivity contribution in [3.8, 4) is 5.75 Å². The molecule has 1 aliphatic heterocycles. The number of amides is 2. The van der Waals surface area contributed by atoms with E-state index in [0.29, 0.717) is 23.1 Å². The second-order valence-electron chi connectivity index (χ2n) is 6.00. The number of hydrogen-bond acceptors (Lipinski definition) is 5. The minimum Gasteiger partial charge on any atom is -0.497 e. The number of nitrogens with zero attached hydrogens (tertiary/aromatic N) is 1. The second-order valence-corrected chi connectivity index (χ2v) is 7.19. The molecule has 0 aliphatic carbocycles. The molecule has 0 radical (unpaired) electrons. The van der Waals surface area contributed by atoms with Crippen molar-refractivity contribution in [2.75, 3.05) is 19.0 Å². The summed E-state index contributed by atoms with van der Waals surface area (Å²) < 4.78 is 5.14. The van der Waals surface area contributed by atoms with Crippen molar-refractivity contribution in [1.29, 1.82) is 0 Å². The lowest BCUT2D eigenvalue weighted by Crippen LogP contribution is -2.28. The predicted octanol–water partition coefficient (Wildman–Crippen LogP) is 2.85. The number of nitrogens with one attached hydrogen (secondary N) is 2. The smallest absolute Gasteiger partial charge is 0.240 e.